The van der Waals surface area contributed by atoms with E-state index < -0.39 is 0 Å². The largest absolute Gasteiger partial charge is 0.398 e. The molecular weight excluding hydrogens is 456 g/mol. The maximum absolute atomic E-state index is 6.73. The summed E-state index contributed by atoms with van der Waals surface area (Å²) in [6, 6.07) is 24.8. The fourth-order valence-corrected chi connectivity index (χ4v) is 6.47. The minimum absolute atomic E-state index is 0.682. The Balaban J connectivity index is 1.47. The molecule has 0 aliphatic rings. The molecule has 0 saturated heterocycles. The van der Waals surface area contributed by atoms with Crippen LogP contribution in [0.2, 0.25) is 0 Å². The van der Waals surface area contributed by atoms with Crippen LogP contribution in [0.3, 0.4) is 0 Å². The Morgan fingerprint density at radius 3 is 1.41 bits per heavy atom. The summed E-state index contributed by atoms with van der Waals surface area (Å²) in [5, 5.41) is 1.83. The highest BCUT2D eigenvalue weighted by Gasteiger charge is 2.17. The van der Waals surface area contributed by atoms with Crippen molar-refractivity contribution in [2.45, 2.75) is 13.8 Å². The number of hydrogen-bond donors (Lipinski definition) is 2. The number of rotatable bonds is 3. The highest BCUT2D eigenvalue weighted by molar-refractivity contribution is 7.22. The van der Waals surface area contributed by atoms with Gasteiger partial charge in [-0.05, 0) is 61.4 Å². The Kier molecular flexibility index (Phi) is 4.86. The first-order valence-corrected chi connectivity index (χ1v) is 12.6. The second-order valence-corrected chi connectivity index (χ2v) is 10.6. The van der Waals surface area contributed by atoms with Crippen LogP contribution >= 0.6 is 22.7 Å². The van der Waals surface area contributed by atoms with Crippen LogP contribution in [-0.2, 0) is 0 Å². The van der Waals surface area contributed by atoms with Gasteiger partial charge in [-0.25, -0.2) is 9.97 Å². The third kappa shape index (κ3) is 3.43. The highest BCUT2D eigenvalue weighted by atomic mass is 32.1. The zero-order valence-corrected chi connectivity index (χ0v) is 20.4. The molecule has 4 N–H and O–H groups in total. The summed E-state index contributed by atoms with van der Waals surface area (Å²) in [6.07, 6.45) is 0. The number of benzene rings is 4. The maximum atomic E-state index is 6.73. The molecule has 2 aromatic heterocycles. The van der Waals surface area contributed by atoms with E-state index in [1.54, 1.807) is 22.7 Å². The van der Waals surface area contributed by atoms with Gasteiger partial charge in [-0.3, -0.25) is 0 Å². The number of aryl methyl sites for hydroxylation is 2. The molecule has 0 bridgehead atoms. The molecule has 4 aromatic carbocycles. The van der Waals surface area contributed by atoms with Gasteiger partial charge in [0.2, 0.25) is 0 Å². The second-order valence-electron chi connectivity index (χ2n) is 8.51. The number of hydrogen-bond acceptors (Lipinski definition) is 6. The van der Waals surface area contributed by atoms with Crippen LogP contribution in [0.5, 0.6) is 0 Å². The van der Waals surface area contributed by atoms with Gasteiger partial charge in [0.1, 0.15) is 10.0 Å². The van der Waals surface area contributed by atoms with E-state index >= 15 is 0 Å². The van der Waals surface area contributed by atoms with E-state index in [0.717, 1.165) is 52.7 Å². The fourth-order valence-electron chi connectivity index (χ4n) is 4.27. The number of nitrogens with two attached hydrogens (primary N) is 2. The fraction of sp³-hybridized carbons (Fsp3) is 0.0714. The lowest BCUT2D eigenvalue weighted by molar-refractivity contribution is 1.45. The summed E-state index contributed by atoms with van der Waals surface area (Å²) in [5.74, 6) is 0. The van der Waals surface area contributed by atoms with Gasteiger partial charge in [0.05, 0.1) is 20.4 Å². The van der Waals surface area contributed by atoms with Gasteiger partial charge in [-0.15, -0.1) is 22.7 Å². The van der Waals surface area contributed by atoms with Crippen molar-refractivity contribution >= 4 is 54.5 Å². The average molecular weight is 479 g/mol. The summed E-state index contributed by atoms with van der Waals surface area (Å²) in [4.78, 5) is 9.68. The number of aromatic nitrogens is 2. The van der Waals surface area contributed by atoms with Crippen molar-refractivity contribution in [3.63, 3.8) is 0 Å². The highest BCUT2D eigenvalue weighted by Crippen LogP contribution is 2.43. The molecule has 166 valence electrons. The number of nitrogen functional groups attached to an aromatic ring is 2. The monoisotopic (exact) mass is 478 g/mol. The molecular formula is C28H22N4S2. The lowest BCUT2D eigenvalue weighted by Crippen LogP contribution is -1.98. The first kappa shape index (κ1) is 20.8. The minimum atomic E-state index is 0.682. The van der Waals surface area contributed by atoms with E-state index in [1.807, 2.05) is 36.4 Å². The molecule has 6 rings (SSSR count). The van der Waals surface area contributed by atoms with E-state index in [0.29, 0.717) is 11.4 Å². The zero-order chi connectivity index (χ0) is 23.4. The molecule has 0 radical (unpaired) electrons. The normalized spacial score (nSPS) is 11.5. The van der Waals surface area contributed by atoms with Crippen molar-refractivity contribution in [3.8, 4) is 32.3 Å². The van der Waals surface area contributed by atoms with Crippen LogP contribution < -0.4 is 11.5 Å². The van der Waals surface area contributed by atoms with Gasteiger partial charge in [0.25, 0.3) is 0 Å². The van der Waals surface area contributed by atoms with Gasteiger partial charge in [-0.1, -0.05) is 36.4 Å². The Morgan fingerprint density at radius 1 is 0.559 bits per heavy atom. The van der Waals surface area contributed by atoms with Gasteiger partial charge in [-0.2, -0.15) is 0 Å². The van der Waals surface area contributed by atoms with Gasteiger partial charge in [0, 0.05) is 33.6 Å². The van der Waals surface area contributed by atoms with Gasteiger partial charge < -0.3 is 11.5 Å². The predicted molar refractivity (Wildman–Crippen MR) is 147 cm³/mol. The lowest BCUT2D eigenvalue weighted by Gasteiger charge is -2.14. The van der Waals surface area contributed by atoms with Crippen molar-refractivity contribution in [2.75, 3.05) is 11.5 Å². The molecule has 6 heteroatoms. The van der Waals surface area contributed by atoms with E-state index in [1.165, 1.54) is 11.1 Å². The molecule has 0 unspecified atom stereocenters. The van der Waals surface area contributed by atoms with Gasteiger partial charge in [0.15, 0.2) is 0 Å². The number of fused-ring (bicyclic) bond motifs is 2. The summed E-state index contributed by atoms with van der Waals surface area (Å²) in [5.41, 5.74) is 22.9. The van der Waals surface area contributed by atoms with Crippen LogP contribution in [0.25, 0.3) is 52.7 Å². The summed E-state index contributed by atoms with van der Waals surface area (Å²) < 4.78 is 2.32. The van der Waals surface area contributed by atoms with E-state index in [2.05, 4.69) is 50.2 Å². The number of para-hydroxylation sites is 2. The van der Waals surface area contributed by atoms with Crippen molar-refractivity contribution < 1.29 is 0 Å². The topological polar surface area (TPSA) is 77.8 Å². The number of nitrogens with zero attached hydrogens (tertiary/aromatic N) is 2. The summed E-state index contributed by atoms with van der Waals surface area (Å²) in [7, 11) is 0. The molecule has 4 nitrogen and oxygen atoms in total. The van der Waals surface area contributed by atoms with Crippen molar-refractivity contribution in [1.82, 2.24) is 9.97 Å². The van der Waals surface area contributed by atoms with E-state index in [-0.39, 0.29) is 0 Å². The first-order chi connectivity index (χ1) is 16.5. The lowest BCUT2D eigenvalue weighted by atomic mass is 9.97. The Bertz CT molecular complexity index is 1580. The standard InChI is InChI=1S/C28H22N4S2/c1-15-9-11-21-23(13-15)33-27(31-21)19-7-3-5-17(25(19)29)18-6-4-8-20(26(18)30)28-32-22-12-10-16(2)14-24(22)34-28/h3-14H,29-30H2,1-2H3. The minimum Gasteiger partial charge on any atom is -0.398 e. The molecule has 0 aliphatic heterocycles. The number of anilines is 2. The predicted octanol–water partition coefficient (Wildman–Crippen LogP) is 7.69. The third-order valence-corrected chi connectivity index (χ3v) is 8.15. The molecule has 0 amide bonds. The molecule has 34 heavy (non-hydrogen) atoms. The molecule has 0 fully saturated rings. The van der Waals surface area contributed by atoms with Crippen molar-refractivity contribution in [3.05, 3.63) is 83.9 Å². The Morgan fingerprint density at radius 2 is 0.971 bits per heavy atom. The summed E-state index contributed by atoms with van der Waals surface area (Å²) >= 11 is 3.32. The zero-order valence-electron chi connectivity index (χ0n) is 18.8. The first-order valence-electron chi connectivity index (χ1n) is 11.0. The Labute approximate surface area is 205 Å². The van der Waals surface area contributed by atoms with Crippen LogP contribution in [0.15, 0.2) is 72.8 Å². The van der Waals surface area contributed by atoms with Crippen molar-refractivity contribution in [1.29, 1.82) is 0 Å². The average Bonchev–Trinajstić information content (AvgIpc) is 3.43. The van der Waals surface area contributed by atoms with E-state index in [4.69, 9.17) is 21.4 Å². The molecule has 0 aliphatic carbocycles. The second kappa shape index (κ2) is 7.94. The molecule has 2 heterocycles. The van der Waals surface area contributed by atoms with Crippen LogP contribution in [0.1, 0.15) is 11.1 Å². The molecule has 0 spiro atoms. The van der Waals surface area contributed by atoms with E-state index in [9.17, 15) is 0 Å². The number of thiazole rings is 2. The van der Waals surface area contributed by atoms with Crippen LogP contribution in [0, 0.1) is 13.8 Å². The Hall–Kier alpha value is -3.74. The quantitative estimate of drug-likeness (QED) is 0.256. The van der Waals surface area contributed by atoms with Crippen LogP contribution in [-0.4, -0.2) is 9.97 Å². The SMILES string of the molecule is Cc1ccc2nc(-c3cccc(-c4cccc(-c5nc6ccc(C)cc6s5)c4N)c3N)sc2c1. The molecule has 6 aromatic rings. The van der Waals surface area contributed by atoms with Crippen LogP contribution in [0.4, 0.5) is 11.4 Å². The third-order valence-electron chi connectivity index (χ3n) is 6.05. The maximum Gasteiger partial charge on any atom is 0.126 e. The van der Waals surface area contributed by atoms with Gasteiger partial charge >= 0.3 is 0 Å². The smallest absolute Gasteiger partial charge is 0.126 e. The van der Waals surface area contributed by atoms with Crippen molar-refractivity contribution in [2.24, 2.45) is 0 Å². The summed E-state index contributed by atoms with van der Waals surface area (Å²) in [6.45, 7) is 4.19. The molecule has 0 atom stereocenters. The molecule has 0 saturated carbocycles.